The number of hydrogen-bond donors (Lipinski definition) is 2. The lowest BCUT2D eigenvalue weighted by molar-refractivity contribution is -0.151. The Kier molecular flexibility index (Phi) is 7.82. The number of nitrogens with zero attached hydrogens (tertiary/aromatic N) is 1. The van der Waals surface area contributed by atoms with E-state index in [1.54, 1.807) is 29.2 Å². The van der Waals surface area contributed by atoms with Crippen molar-refractivity contribution in [2.75, 3.05) is 18.5 Å². The van der Waals surface area contributed by atoms with Crippen LogP contribution in [0, 0.1) is 5.92 Å². The number of hydrogen-bond acceptors (Lipinski definition) is 5. The third kappa shape index (κ3) is 6.19. The highest BCUT2D eigenvalue weighted by Crippen LogP contribution is 2.22. The zero-order valence-electron chi connectivity index (χ0n) is 19.0. The van der Waals surface area contributed by atoms with Crippen LogP contribution in [0.25, 0.3) is 0 Å². The number of likely N-dealkylation sites (tertiary alicyclic amines) is 1. The molecule has 1 aliphatic rings. The third-order valence-corrected chi connectivity index (χ3v) is 5.55. The minimum Gasteiger partial charge on any atom is -0.455 e. The Morgan fingerprint density at radius 3 is 2.36 bits per heavy atom. The number of carbonyl (C=O) groups excluding carboxylic acids is 4. The molecule has 1 heterocycles. The number of nitrogens with one attached hydrogen (secondary N) is 2. The fourth-order valence-corrected chi connectivity index (χ4v) is 3.72. The predicted octanol–water partition coefficient (Wildman–Crippen LogP) is 2.92. The number of ether oxygens (including phenoxy) is 1. The van der Waals surface area contributed by atoms with Gasteiger partial charge in [0.05, 0.1) is 23.2 Å². The molecule has 0 bridgehead atoms. The quantitative estimate of drug-likeness (QED) is 0.601. The molecule has 8 nitrogen and oxygen atoms in total. The van der Waals surface area contributed by atoms with Crippen LogP contribution in [0.15, 0.2) is 54.6 Å². The van der Waals surface area contributed by atoms with Crippen LogP contribution in [-0.2, 0) is 19.1 Å². The van der Waals surface area contributed by atoms with Crippen molar-refractivity contribution in [3.63, 3.8) is 0 Å². The van der Waals surface area contributed by atoms with Crippen LogP contribution in [0.1, 0.15) is 49.2 Å². The lowest BCUT2D eigenvalue weighted by atomic mass is 10.1. The summed E-state index contributed by atoms with van der Waals surface area (Å²) >= 11 is 0. The van der Waals surface area contributed by atoms with Gasteiger partial charge in [-0.2, -0.15) is 0 Å². The summed E-state index contributed by atoms with van der Waals surface area (Å²) in [5.74, 6) is -2.15. The van der Waals surface area contributed by atoms with Gasteiger partial charge in [-0.15, -0.1) is 0 Å². The summed E-state index contributed by atoms with van der Waals surface area (Å²) in [6.07, 6.45) is 0.0846. The lowest BCUT2D eigenvalue weighted by Gasteiger charge is -2.20. The zero-order chi connectivity index (χ0) is 24.0. The van der Waals surface area contributed by atoms with E-state index in [2.05, 4.69) is 10.6 Å². The monoisotopic (exact) mass is 451 g/mol. The highest BCUT2D eigenvalue weighted by atomic mass is 16.5. The molecule has 0 saturated carbocycles. The van der Waals surface area contributed by atoms with Crippen molar-refractivity contribution in [2.45, 2.75) is 39.3 Å². The summed E-state index contributed by atoms with van der Waals surface area (Å²) in [6.45, 7) is 5.43. The van der Waals surface area contributed by atoms with E-state index in [-0.39, 0.29) is 30.3 Å². The first kappa shape index (κ1) is 24.0. The molecule has 0 spiro atoms. The van der Waals surface area contributed by atoms with Gasteiger partial charge in [0.15, 0.2) is 6.61 Å². The van der Waals surface area contributed by atoms with E-state index in [1.807, 2.05) is 51.1 Å². The van der Waals surface area contributed by atoms with Crippen LogP contribution in [0.5, 0.6) is 0 Å². The van der Waals surface area contributed by atoms with Crippen LogP contribution in [-0.4, -0.2) is 47.8 Å². The van der Waals surface area contributed by atoms with Crippen molar-refractivity contribution in [1.82, 2.24) is 10.2 Å². The number of amides is 3. The molecular weight excluding hydrogens is 422 g/mol. The van der Waals surface area contributed by atoms with Crippen molar-refractivity contribution < 1.29 is 23.9 Å². The van der Waals surface area contributed by atoms with Gasteiger partial charge >= 0.3 is 5.97 Å². The fraction of sp³-hybridized carbons (Fsp3) is 0.360. The Hall–Kier alpha value is -3.68. The van der Waals surface area contributed by atoms with Crippen molar-refractivity contribution in [3.05, 3.63) is 65.7 Å². The highest BCUT2D eigenvalue weighted by Gasteiger charge is 2.36. The smallest absolute Gasteiger partial charge is 0.311 e. The summed E-state index contributed by atoms with van der Waals surface area (Å²) in [7, 11) is 0. The van der Waals surface area contributed by atoms with E-state index in [0.29, 0.717) is 17.8 Å². The zero-order valence-corrected chi connectivity index (χ0v) is 19.0. The molecule has 2 aromatic carbocycles. The predicted molar refractivity (Wildman–Crippen MR) is 123 cm³/mol. The molecule has 2 aromatic rings. The van der Waals surface area contributed by atoms with E-state index < -0.39 is 24.4 Å². The molecule has 2 atom stereocenters. The van der Waals surface area contributed by atoms with Crippen LogP contribution in [0.3, 0.4) is 0 Å². The third-order valence-electron chi connectivity index (χ3n) is 5.55. The molecule has 2 unspecified atom stereocenters. The normalized spacial score (nSPS) is 16.4. The topological polar surface area (TPSA) is 105 Å². The molecule has 1 saturated heterocycles. The molecule has 0 aromatic heterocycles. The summed E-state index contributed by atoms with van der Waals surface area (Å²) in [6, 6.07) is 16.0. The SMILES string of the molecule is CC(NC(=O)c1ccccc1NC(=O)COC(=O)C1CC(=O)N(C(C)C)C1)c1ccccc1. The van der Waals surface area contributed by atoms with Gasteiger partial charge in [-0.3, -0.25) is 19.2 Å². The Morgan fingerprint density at radius 1 is 1.03 bits per heavy atom. The second-order valence-corrected chi connectivity index (χ2v) is 8.35. The molecule has 1 fully saturated rings. The van der Waals surface area contributed by atoms with Gasteiger partial charge in [-0.1, -0.05) is 42.5 Å². The standard InChI is InChI=1S/C25H29N3O5/c1-16(2)28-14-19(13-23(28)30)25(32)33-15-22(29)27-21-12-8-7-11-20(21)24(31)26-17(3)18-9-5-4-6-10-18/h4-12,16-17,19H,13-15H2,1-3H3,(H,26,31)(H,27,29). The van der Waals surface area contributed by atoms with E-state index in [9.17, 15) is 19.2 Å². The number of anilines is 1. The van der Waals surface area contributed by atoms with Gasteiger partial charge in [0.25, 0.3) is 11.8 Å². The fourth-order valence-electron chi connectivity index (χ4n) is 3.72. The maximum Gasteiger partial charge on any atom is 0.311 e. The Morgan fingerprint density at radius 2 is 1.70 bits per heavy atom. The second kappa shape index (κ2) is 10.8. The van der Waals surface area contributed by atoms with Crippen molar-refractivity contribution >= 4 is 29.4 Å². The van der Waals surface area contributed by atoms with E-state index in [4.69, 9.17) is 4.74 Å². The first-order chi connectivity index (χ1) is 15.8. The van der Waals surface area contributed by atoms with Crippen LogP contribution < -0.4 is 10.6 Å². The molecule has 1 aliphatic heterocycles. The van der Waals surface area contributed by atoms with Crippen LogP contribution in [0.2, 0.25) is 0 Å². The van der Waals surface area contributed by atoms with E-state index >= 15 is 0 Å². The van der Waals surface area contributed by atoms with Crippen LogP contribution >= 0.6 is 0 Å². The lowest BCUT2D eigenvalue weighted by Crippen LogP contribution is -2.33. The van der Waals surface area contributed by atoms with Gasteiger partial charge in [-0.05, 0) is 38.5 Å². The maximum absolute atomic E-state index is 12.8. The first-order valence-electron chi connectivity index (χ1n) is 11.0. The second-order valence-electron chi connectivity index (χ2n) is 8.35. The van der Waals surface area contributed by atoms with Gasteiger partial charge in [-0.25, -0.2) is 0 Å². The van der Waals surface area contributed by atoms with Crippen LogP contribution in [0.4, 0.5) is 5.69 Å². The van der Waals surface area contributed by atoms with Gasteiger partial charge in [0.1, 0.15) is 0 Å². The molecule has 174 valence electrons. The molecule has 8 heteroatoms. The summed E-state index contributed by atoms with van der Waals surface area (Å²) < 4.78 is 5.13. The number of carbonyl (C=O) groups is 4. The molecule has 0 radical (unpaired) electrons. The molecule has 2 N–H and O–H groups in total. The van der Waals surface area contributed by atoms with Crippen molar-refractivity contribution in [2.24, 2.45) is 5.92 Å². The minimum atomic E-state index is -0.579. The molecule has 33 heavy (non-hydrogen) atoms. The van der Waals surface area contributed by atoms with Gasteiger partial charge in [0, 0.05) is 19.0 Å². The Labute approximate surface area is 193 Å². The Balaban J connectivity index is 1.56. The average Bonchev–Trinajstić information content (AvgIpc) is 3.20. The molecule has 3 amide bonds. The number of para-hydroxylation sites is 1. The largest absolute Gasteiger partial charge is 0.455 e. The van der Waals surface area contributed by atoms with Crippen molar-refractivity contribution in [3.8, 4) is 0 Å². The average molecular weight is 452 g/mol. The number of rotatable bonds is 8. The van der Waals surface area contributed by atoms with Gasteiger partial charge < -0.3 is 20.3 Å². The van der Waals surface area contributed by atoms with E-state index in [1.165, 1.54) is 0 Å². The molecule has 3 rings (SSSR count). The highest BCUT2D eigenvalue weighted by molar-refractivity contribution is 6.04. The number of benzene rings is 2. The first-order valence-corrected chi connectivity index (χ1v) is 11.0. The summed E-state index contributed by atoms with van der Waals surface area (Å²) in [5, 5.41) is 5.55. The number of esters is 1. The molecule has 0 aliphatic carbocycles. The van der Waals surface area contributed by atoms with Gasteiger partial charge in [0.2, 0.25) is 5.91 Å². The minimum absolute atomic E-state index is 0.00542. The summed E-state index contributed by atoms with van der Waals surface area (Å²) in [4.78, 5) is 51.1. The Bertz CT molecular complexity index is 1020. The maximum atomic E-state index is 12.8. The molecular formula is C25H29N3O5. The van der Waals surface area contributed by atoms with Crippen molar-refractivity contribution in [1.29, 1.82) is 0 Å². The van der Waals surface area contributed by atoms with E-state index in [0.717, 1.165) is 5.56 Å². The summed E-state index contributed by atoms with van der Waals surface area (Å²) in [5.41, 5.74) is 1.58.